The number of nitrogens with zero attached hydrogens (tertiary/aromatic N) is 2. The van der Waals surface area contributed by atoms with Crippen molar-refractivity contribution >= 4 is 22.8 Å². The van der Waals surface area contributed by atoms with Crippen LogP contribution in [-0.2, 0) is 11.3 Å². The Labute approximate surface area is 136 Å². The van der Waals surface area contributed by atoms with Crippen molar-refractivity contribution in [2.75, 3.05) is 7.05 Å². The first-order chi connectivity index (χ1) is 10.8. The highest BCUT2D eigenvalue weighted by atomic mass is 32.1. The molecule has 0 radical (unpaired) electrons. The maximum absolute atomic E-state index is 13.2. The summed E-state index contributed by atoms with van der Waals surface area (Å²) in [5.41, 5.74) is -0.981. The minimum atomic E-state index is -4.60. The van der Waals surface area contributed by atoms with E-state index in [0.29, 0.717) is 6.08 Å². The summed E-state index contributed by atoms with van der Waals surface area (Å²) in [6, 6.07) is 7.29. The molecule has 3 nitrogen and oxygen atoms in total. The molecule has 0 spiro atoms. The van der Waals surface area contributed by atoms with Crippen molar-refractivity contribution in [3.63, 3.8) is 0 Å². The molecule has 0 N–H and O–H groups in total. The lowest BCUT2D eigenvalue weighted by Gasteiger charge is -2.16. The lowest BCUT2D eigenvalue weighted by Crippen LogP contribution is -2.25. The summed E-state index contributed by atoms with van der Waals surface area (Å²) in [6.45, 7) is 2.05. The molecule has 1 aromatic carbocycles. The fourth-order valence-electron chi connectivity index (χ4n) is 1.97. The standard InChI is InChI=1S/C16H15F3N2OS/c1-11-20-9-13(23-11)10-21(2)15(22)8-14(16(17,18)19)12-6-4-3-5-7-12/h3-9H,10H2,1-2H3/b14-8-. The number of halogens is 3. The van der Waals surface area contributed by atoms with Gasteiger partial charge in [-0.15, -0.1) is 11.3 Å². The fourth-order valence-corrected chi connectivity index (χ4v) is 2.82. The summed E-state index contributed by atoms with van der Waals surface area (Å²) < 4.78 is 39.6. The van der Waals surface area contributed by atoms with Crippen molar-refractivity contribution in [2.45, 2.75) is 19.6 Å². The van der Waals surface area contributed by atoms with Gasteiger partial charge in [-0.1, -0.05) is 30.3 Å². The molecule has 23 heavy (non-hydrogen) atoms. The number of rotatable bonds is 4. The Morgan fingerprint density at radius 2 is 1.96 bits per heavy atom. The molecule has 0 atom stereocenters. The van der Waals surface area contributed by atoms with Crippen LogP contribution >= 0.6 is 11.3 Å². The van der Waals surface area contributed by atoms with E-state index in [0.717, 1.165) is 9.88 Å². The second-order valence-corrected chi connectivity index (χ2v) is 6.28. The van der Waals surface area contributed by atoms with Crippen molar-refractivity contribution in [1.82, 2.24) is 9.88 Å². The predicted molar refractivity (Wildman–Crippen MR) is 83.8 cm³/mol. The molecule has 7 heteroatoms. The van der Waals surface area contributed by atoms with Gasteiger partial charge in [0.05, 0.1) is 17.1 Å². The van der Waals surface area contributed by atoms with Crippen LogP contribution < -0.4 is 0 Å². The molecule has 0 saturated carbocycles. The van der Waals surface area contributed by atoms with Gasteiger partial charge >= 0.3 is 6.18 Å². The van der Waals surface area contributed by atoms with E-state index in [1.165, 1.54) is 47.5 Å². The van der Waals surface area contributed by atoms with Crippen LogP contribution in [0.15, 0.2) is 42.6 Å². The molecule has 122 valence electrons. The maximum atomic E-state index is 13.2. The van der Waals surface area contributed by atoms with Crippen molar-refractivity contribution in [1.29, 1.82) is 0 Å². The Morgan fingerprint density at radius 1 is 1.30 bits per heavy atom. The van der Waals surface area contributed by atoms with Gasteiger partial charge in [0.15, 0.2) is 0 Å². The molecule has 1 amide bonds. The maximum Gasteiger partial charge on any atom is 0.417 e. The quantitative estimate of drug-likeness (QED) is 0.787. The monoisotopic (exact) mass is 340 g/mol. The molecule has 2 aromatic rings. The number of aryl methyl sites for hydroxylation is 1. The van der Waals surface area contributed by atoms with Gasteiger partial charge in [0.25, 0.3) is 0 Å². The Hall–Kier alpha value is -2.15. The van der Waals surface area contributed by atoms with Gasteiger partial charge in [0.2, 0.25) is 5.91 Å². The van der Waals surface area contributed by atoms with Gasteiger partial charge in [0.1, 0.15) is 0 Å². The number of allylic oxidation sites excluding steroid dienone is 1. The van der Waals surface area contributed by atoms with E-state index in [1.54, 1.807) is 12.3 Å². The molecular weight excluding hydrogens is 325 g/mol. The third-order valence-corrected chi connectivity index (χ3v) is 3.99. The number of aromatic nitrogens is 1. The zero-order valence-corrected chi connectivity index (χ0v) is 13.4. The van der Waals surface area contributed by atoms with Crippen LogP contribution in [0, 0.1) is 6.92 Å². The number of amides is 1. The van der Waals surface area contributed by atoms with Crippen LogP contribution in [0.25, 0.3) is 5.57 Å². The molecular formula is C16H15F3N2OS. The molecule has 0 unspecified atom stereocenters. The van der Waals surface area contributed by atoms with E-state index in [1.807, 2.05) is 6.92 Å². The van der Waals surface area contributed by atoms with E-state index in [4.69, 9.17) is 0 Å². The molecule has 0 aliphatic rings. The van der Waals surface area contributed by atoms with Crippen LogP contribution in [0.2, 0.25) is 0 Å². The number of alkyl halides is 3. The van der Waals surface area contributed by atoms with Crippen LogP contribution in [0.4, 0.5) is 13.2 Å². The number of carbonyl (C=O) groups excluding carboxylic acids is 1. The highest BCUT2D eigenvalue weighted by Crippen LogP contribution is 2.33. The molecule has 1 heterocycles. The van der Waals surface area contributed by atoms with Gasteiger partial charge < -0.3 is 4.90 Å². The second kappa shape index (κ2) is 6.95. The first-order valence-corrected chi connectivity index (χ1v) is 7.59. The van der Waals surface area contributed by atoms with Crippen molar-refractivity contribution in [2.24, 2.45) is 0 Å². The van der Waals surface area contributed by atoms with Crippen LogP contribution in [0.3, 0.4) is 0 Å². The van der Waals surface area contributed by atoms with E-state index in [2.05, 4.69) is 4.98 Å². The lowest BCUT2D eigenvalue weighted by molar-refractivity contribution is -0.125. The molecule has 0 aliphatic heterocycles. The third kappa shape index (κ3) is 4.66. The van der Waals surface area contributed by atoms with Crippen LogP contribution in [0.5, 0.6) is 0 Å². The second-order valence-electron chi connectivity index (χ2n) is 4.96. The summed E-state index contributed by atoms with van der Waals surface area (Å²) >= 11 is 1.41. The highest BCUT2D eigenvalue weighted by molar-refractivity contribution is 7.11. The Morgan fingerprint density at radius 3 is 2.48 bits per heavy atom. The first kappa shape index (κ1) is 17.2. The van der Waals surface area contributed by atoms with Crippen molar-refractivity contribution < 1.29 is 18.0 Å². The zero-order valence-electron chi connectivity index (χ0n) is 12.6. The number of thiazole rings is 1. The zero-order chi connectivity index (χ0) is 17.0. The van der Waals surface area contributed by atoms with Gasteiger partial charge in [-0.2, -0.15) is 13.2 Å². The predicted octanol–water partition coefficient (Wildman–Crippen LogP) is 4.06. The number of benzene rings is 1. The Kier molecular flexibility index (Phi) is 5.20. The topological polar surface area (TPSA) is 33.2 Å². The molecule has 1 aromatic heterocycles. The summed E-state index contributed by atoms with van der Waals surface area (Å²) in [6.07, 6.45) is -2.34. The first-order valence-electron chi connectivity index (χ1n) is 6.78. The van der Waals surface area contributed by atoms with Gasteiger partial charge in [-0.05, 0) is 12.5 Å². The third-order valence-electron chi connectivity index (χ3n) is 3.10. The van der Waals surface area contributed by atoms with Gasteiger partial charge in [-0.3, -0.25) is 4.79 Å². The number of likely N-dealkylation sites (N-methyl/N-ethyl adjacent to an activating group) is 1. The number of hydrogen-bond acceptors (Lipinski definition) is 3. The molecule has 0 aliphatic carbocycles. The van der Waals surface area contributed by atoms with E-state index >= 15 is 0 Å². The largest absolute Gasteiger partial charge is 0.417 e. The smallest absolute Gasteiger partial charge is 0.337 e. The van der Waals surface area contributed by atoms with Crippen LogP contribution in [-0.4, -0.2) is 29.0 Å². The molecule has 2 rings (SSSR count). The van der Waals surface area contributed by atoms with Gasteiger partial charge in [-0.25, -0.2) is 4.98 Å². The molecule has 0 bridgehead atoms. The van der Waals surface area contributed by atoms with E-state index in [-0.39, 0.29) is 12.1 Å². The van der Waals surface area contributed by atoms with E-state index in [9.17, 15) is 18.0 Å². The van der Waals surface area contributed by atoms with Crippen molar-refractivity contribution in [3.8, 4) is 0 Å². The number of carbonyl (C=O) groups is 1. The molecule has 0 fully saturated rings. The van der Waals surface area contributed by atoms with Crippen LogP contribution in [0.1, 0.15) is 15.4 Å². The SMILES string of the molecule is Cc1ncc(CN(C)C(=O)/C=C(/c2ccccc2)C(F)(F)F)s1. The molecule has 0 saturated heterocycles. The van der Waals surface area contributed by atoms with Crippen molar-refractivity contribution in [3.05, 3.63) is 58.1 Å². The fraction of sp³-hybridized carbons (Fsp3) is 0.250. The average Bonchev–Trinajstić information content (AvgIpc) is 2.89. The summed E-state index contributed by atoms with van der Waals surface area (Å²) in [5, 5.41) is 0.844. The lowest BCUT2D eigenvalue weighted by atomic mass is 10.0. The van der Waals surface area contributed by atoms with E-state index < -0.39 is 17.7 Å². The summed E-state index contributed by atoms with van der Waals surface area (Å²) in [4.78, 5) is 18.2. The minimum Gasteiger partial charge on any atom is -0.337 e. The summed E-state index contributed by atoms with van der Waals surface area (Å²) in [5.74, 6) is -0.702. The summed E-state index contributed by atoms with van der Waals surface area (Å²) in [7, 11) is 1.47. The highest BCUT2D eigenvalue weighted by Gasteiger charge is 2.35. The van der Waals surface area contributed by atoms with Gasteiger partial charge in [0, 0.05) is 24.2 Å². The normalized spacial score (nSPS) is 12.3. The number of hydrogen-bond donors (Lipinski definition) is 0. The minimum absolute atomic E-state index is 0.0321. The Bertz CT molecular complexity index is 708. The Balaban J connectivity index is 2.22. The average molecular weight is 340 g/mol.